The second kappa shape index (κ2) is 13.5. The molecule has 4 N–H and O–H groups in total. The van der Waals surface area contributed by atoms with E-state index in [2.05, 4.69) is 49.0 Å². The maximum Gasteiger partial charge on any atom is 0.172 e. The molecule has 0 saturated carbocycles. The minimum atomic E-state index is 0.240. The van der Waals surface area contributed by atoms with Gasteiger partial charge in [0.25, 0.3) is 0 Å². The number of nitrogens with one attached hydrogen (secondary N) is 1. The monoisotopic (exact) mass is 544 g/mol. The summed E-state index contributed by atoms with van der Waals surface area (Å²) >= 11 is 6.59. The molecule has 0 aliphatic carbocycles. The minimum absolute atomic E-state index is 0.240. The van der Waals surface area contributed by atoms with Crippen LogP contribution in [0.5, 0.6) is 5.75 Å². The van der Waals surface area contributed by atoms with E-state index in [1.807, 2.05) is 12.1 Å². The first-order valence-electron chi connectivity index (χ1n) is 13.7. The van der Waals surface area contributed by atoms with E-state index in [9.17, 15) is 10.0 Å². The van der Waals surface area contributed by atoms with Gasteiger partial charge in [-0.15, -0.1) is 0 Å². The number of anilines is 2. The molecule has 2 fully saturated rings. The first kappa shape index (κ1) is 28.5. The second-order valence-electron chi connectivity index (χ2n) is 10.4. The largest absolute Gasteiger partial charge is 0.508 e. The van der Waals surface area contributed by atoms with Crippen LogP contribution in [0.15, 0.2) is 23.4 Å². The zero-order chi connectivity index (χ0) is 27.1. The van der Waals surface area contributed by atoms with Gasteiger partial charge in [-0.3, -0.25) is 9.80 Å². The number of benzene rings is 1. The molecular formula is C27H41ClN8O2. The summed E-state index contributed by atoms with van der Waals surface area (Å²) in [6.07, 6.45) is 3.97. The highest BCUT2D eigenvalue weighted by atomic mass is 35.5. The molecule has 11 heteroatoms. The van der Waals surface area contributed by atoms with E-state index < -0.39 is 0 Å². The van der Waals surface area contributed by atoms with Crippen LogP contribution < -0.4 is 16.0 Å². The average molecular weight is 545 g/mol. The van der Waals surface area contributed by atoms with E-state index in [1.165, 1.54) is 5.56 Å². The molecule has 1 atom stereocenters. The van der Waals surface area contributed by atoms with Crippen molar-refractivity contribution in [2.24, 2.45) is 5.18 Å². The Hall–Kier alpha value is -2.53. The predicted molar refractivity (Wildman–Crippen MR) is 153 cm³/mol. The number of nitrogens with two attached hydrogens (primary N) is 1. The summed E-state index contributed by atoms with van der Waals surface area (Å²) in [6, 6.07) is 6.68. The molecule has 3 heterocycles. The van der Waals surface area contributed by atoms with Crippen molar-refractivity contribution < 1.29 is 5.11 Å². The summed E-state index contributed by atoms with van der Waals surface area (Å²) < 4.78 is 0. The normalized spacial score (nSPS) is 19.7. The van der Waals surface area contributed by atoms with Crippen LogP contribution in [0.3, 0.4) is 0 Å². The Balaban J connectivity index is 1.31. The third-order valence-electron chi connectivity index (χ3n) is 7.90. The number of nitrogens with zero attached hydrogens (tertiary/aromatic N) is 6. The van der Waals surface area contributed by atoms with Crippen LogP contribution >= 0.6 is 11.6 Å². The van der Waals surface area contributed by atoms with Gasteiger partial charge in [-0.2, -0.15) is 4.91 Å². The molecule has 4 rings (SSSR count). The van der Waals surface area contributed by atoms with Gasteiger partial charge in [-0.05, 0) is 62.5 Å². The van der Waals surface area contributed by atoms with Gasteiger partial charge in [0, 0.05) is 57.8 Å². The number of piperidine rings is 1. The number of aryl methyl sites for hydroxylation is 1. The lowest BCUT2D eigenvalue weighted by atomic mass is 9.97. The SMILES string of the molecule is CCC1CN(c2nc(N)c(CCNCCN=O)nc2Cl)CCN1C1CCN(Cc2ccc(O)cc2C)CC1. The Bertz CT molecular complexity index is 1080. The van der Waals surface area contributed by atoms with Crippen LogP contribution in [0.2, 0.25) is 5.15 Å². The fourth-order valence-corrected chi connectivity index (χ4v) is 5.97. The summed E-state index contributed by atoms with van der Waals surface area (Å²) in [5.74, 6) is 1.41. The number of piperazine rings is 1. The predicted octanol–water partition coefficient (Wildman–Crippen LogP) is 3.19. The van der Waals surface area contributed by atoms with E-state index in [1.54, 1.807) is 6.07 Å². The molecule has 208 valence electrons. The lowest BCUT2D eigenvalue weighted by Crippen LogP contribution is -2.58. The smallest absolute Gasteiger partial charge is 0.172 e. The van der Waals surface area contributed by atoms with Crippen molar-refractivity contribution in [2.75, 3.05) is 63.0 Å². The number of hydrogen-bond acceptors (Lipinski definition) is 10. The Morgan fingerprint density at radius 2 is 1.97 bits per heavy atom. The number of likely N-dealkylation sites (tertiary alicyclic amines) is 1. The highest BCUT2D eigenvalue weighted by Gasteiger charge is 2.34. The van der Waals surface area contributed by atoms with Crippen LogP contribution in [0, 0.1) is 11.8 Å². The molecule has 1 aromatic heterocycles. The zero-order valence-corrected chi connectivity index (χ0v) is 23.3. The van der Waals surface area contributed by atoms with E-state index in [0.29, 0.717) is 59.8 Å². The van der Waals surface area contributed by atoms with E-state index in [0.717, 1.165) is 64.1 Å². The molecule has 0 amide bonds. The lowest BCUT2D eigenvalue weighted by Gasteiger charge is -2.47. The van der Waals surface area contributed by atoms with Crippen LogP contribution in [-0.2, 0) is 13.0 Å². The molecule has 2 aromatic rings. The second-order valence-corrected chi connectivity index (χ2v) is 10.7. The van der Waals surface area contributed by atoms with Crippen molar-refractivity contribution in [3.05, 3.63) is 45.1 Å². The Morgan fingerprint density at radius 3 is 2.68 bits per heavy atom. The molecule has 1 unspecified atom stereocenters. The molecular weight excluding hydrogens is 504 g/mol. The summed E-state index contributed by atoms with van der Waals surface area (Å²) in [5.41, 5.74) is 9.36. The molecule has 38 heavy (non-hydrogen) atoms. The van der Waals surface area contributed by atoms with Crippen molar-refractivity contribution in [3.63, 3.8) is 0 Å². The number of nitroso groups, excluding NO2 is 1. The molecule has 2 saturated heterocycles. The van der Waals surface area contributed by atoms with Crippen molar-refractivity contribution >= 4 is 23.2 Å². The van der Waals surface area contributed by atoms with Crippen LogP contribution in [-0.4, -0.2) is 89.3 Å². The molecule has 2 aliphatic rings. The van der Waals surface area contributed by atoms with Crippen molar-refractivity contribution in [1.29, 1.82) is 0 Å². The van der Waals surface area contributed by atoms with Crippen molar-refractivity contribution in [1.82, 2.24) is 25.1 Å². The number of halogens is 1. The highest BCUT2D eigenvalue weighted by molar-refractivity contribution is 6.31. The van der Waals surface area contributed by atoms with Gasteiger partial charge in [0.2, 0.25) is 0 Å². The van der Waals surface area contributed by atoms with E-state index in [4.69, 9.17) is 17.3 Å². The number of hydrogen-bond donors (Lipinski definition) is 3. The van der Waals surface area contributed by atoms with Gasteiger partial charge in [0.15, 0.2) is 11.0 Å². The Kier molecular flexibility index (Phi) is 10.1. The van der Waals surface area contributed by atoms with Gasteiger partial charge in [0.1, 0.15) is 11.6 Å². The third kappa shape index (κ3) is 7.11. The van der Waals surface area contributed by atoms with Crippen LogP contribution in [0.4, 0.5) is 11.6 Å². The van der Waals surface area contributed by atoms with Gasteiger partial charge in [-0.1, -0.05) is 29.8 Å². The van der Waals surface area contributed by atoms with E-state index >= 15 is 0 Å². The van der Waals surface area contributed by atoms with Crippen LogP contribution in [0.1, 0.15) is 43.0 Å². The number of nitrogen functional groups attached to an aromatic ring is 1. The van der Waals surface area contributed by atoms with Crippen molar-refractivity contribution in [2.45, 2.75) is 58.2 Å². The first-order chi connectivity index (χ1) is 18.4. The fraction of sp³-hybridized carbons (Fsp3) is 0.630. The van der Waals surface area contributed by atoms with Gasteiger partial charge < -0.3 is 21.1 Å². The number of aromatic nitrogens is 2. The number of phenolic OH excluding ortho intramolecular Hbond substituents is 1. The molecule has 0 bridgehead atoms. The van der Waals surface area contributed by atoms with Gasteiger partial charge >= 0.3 is 0 Å². The van der Waals surface area contributed by atoms with Gasteiger partial charge in [-0.25, -0.2) is 9.97 Å². The zero-order valence-electron chi connectivity index (χ0n) is 22.6. The molecule has 10 nitrogen and oxygen atoms in total. The first-order valence-corrected chi connectivity index (χ1v) is 14.1. The standard InChI is InChI=1S/C27H41ClN8O2/c1-3-21-18-35(27-25(28)32-24(26(29)33-27)6-9-30-10-11-31-38)14-15-36(21)22-7-12-34(13-8-22)17-20-4-5-23(37)16-19(20)2/h4-5,16,21-22,30,37H,3,6-15,17-18H2,1-2H3,(H2,29,33). The third-order valence-corrected chi connectivity index (χ3v) is 8.16. The Labute approximate surface area is 230 Å². The molecule has 0 radical (unpaired) electrons. The molecule has 1 aromatic carbocycles. The number of rotatable bonds is 11. The maximum atomic E-state index is 10.2. The summed E-state index contributed by atoms with van der Waals surface area (Å²) in [6.45, 7) is 11.5. The summed E-state index contributed by atoms with van der Waals surface area (Å²) in [4.78, 5) is 26.9. The summed E-state index contributed by atoms with van der Waals surface area (Å²) in [5, 5.41) is 16.1. The number of phenols is 1. The number of aromatic hydroxyl groups is 1. The fourth-order valence-electron chi connectivity index (χ4n) is 5.71. The average Bonchev–Trinajstić information content (AvgIpc) is 2.92. The Morgan fingerprint density at radius 1 is 1.18 bits per heavy atom. The highest BCUT2D eigenvalue weighted by Crippen LogP contribution is 2.30. The quantitative estimate of drug-likeness (QED) is 0.289. The van der Waals surface area contributed by atoms with Crippen LogP contribution in [0.25, 0.3) is 0 Å². The maximum absolute atomic E-state index is 10.2. The minimum Gasteiger partial charge on any atom is -0.508 e. The molecule has 0 spiro atoms. The van der Waals surface area contributed by atoms with Gasteiger partial charge in [0.05, 0.1) is 12.2 Å². The van der Waals surface area contributed by atoms with E-state index in [-0.39, 0.29) is 6.54 Å². The summed E-state index contributed by atoms with van der Waals surface area (Å²) in [7, 11) is 0. The topological polar surface area (TPSA) is 123 Å². The molecule has 2 aliphatic heterocycles. The lowest BCUT2D eigenvalue weighted by molar-refractivity contribution is 0.0610. The van der Waals surface area contributed by atoms with Crippen molar-refractivity contribution in [3.8, 4) is 5.75 Å².